The van der Waals surface area contributed by atoms with E-state index in [0.717, 1.165) is 32.4 Å². The molecule has 3 fully saturated rings. The number of hydrogen-bond acceptors (Lipinski definition) is 4. The lowest BCUT2D eigenvalue weighted by Gasteiger charge is -2.37. The Labute approximate surface area is 161 Å². The summed E-state index contributed by atoms with van der Waals surface area (Å²) in [5.41, 5.74) is 1.00. The van der Waals surface area contributed by atoms with Gasteiger partial charge in [-0.25, -0.2) is 8.42 Å². The maximum Gasteiger partial charge on any atom is 0.235 e. The Hall–Kier alpha value is -1.31. The molecule has 0 unspecified atom stereocenters. The first-order valence-corrected chi connectivity index (χ1v) is 10.7. The number of nitrogens with zero attached hydrogens (tertiary/aromatic N) is 1. The summed E-state index contributed by atoms with van der Waals surface area (Å²) in [6.45, 7) is 2.17. The van der Waals surface area contributed by atoms with E-state index in [1.54, 1.807) is 12.1 Å². The maximum absolute atomic E-state index is 13.0. The number of rotatable bonds is 3. The molecule has 1 amide bonds. The molecule has 0 radical (unpaired) electrons. The third-order valence-corrected chi connectivity index (χ3v) is 7.85. The van der Waals surface area contributed by atoms with Crippen LogP contribution in [0.15, 0.2) is 24.3 Å². The molecule has 144 valence electrons. The minimum atomic E-state index is -3.21. The summed E-state index contributed by atoms with van der Waals surface area (Å²) in [6, 6.07) is 7.21. The summed E-state index contributed by atoms with van der Waals surface area (Å²) in [6.07, 6.45) is 4.97. The normalized spacial score (nSPS) is 29.7. The van der Waals surface area contributed by atoms with Crippen LogP contribution >= 0.6 is 12.4 Å². The van der Waals surface area contributed by atoms with Crippen molar-refractivity contribution in [3.63, 3.8) is 0 Å². The van der Waals surface area contributed by atoms with Gasteiger partial charge in [0.05, 0.1) is 16.9 Å². The van der Waals surface area contributed by atoms with E-state index in [0.29, 0.717) is 30.3 Å². The van der Waals surface area contributed by atoms with Gasteiger partial charge in [0.2, 0.25) is 15.9 Å². The van der Waals surface area contributed by atoms with Crippen LogP contribution in [-0.4, -0.2) is 39.7 Å². The Morgan fingerprint density at radius 3 is 2.88 bits per heavy atom. The molecule has 6 nitrogen and oxygen atoms in total. The minimum Gasteiger partial charge on any atom is -0.325 e. The van der Waals surface area contributed by atoms with E-state index in [2.05, 4.69) is 10.6 Å². The lowest BCUT2D eigenvalue weighted by Crippen LogP contribution is -2.44. The van der Waals surface area contributed by atoms with Crippen molar-refractivity contribution in [2.24, 2.45) is 11.3 Å². The van der Waals surface area contributed by atoms with E-state index >= 15 is 0 Å². The summed E-state index contributed by atoms with van der Waals surface area (Å²) < 4.78 is 25.7. The molecule has 8 heteroatoms. The molecule has 1 saturated carbocycles. The van der Waals surface area contributed by atoms with Gasteiger partial charge in [0, 0.05) is 18.8 Å². The van der Waals surface area contributed by atoms with E-state index in [1.165, 1.54) is 10.7 Å². The average Bonchev–Trinajstić information content (AvgIpc) is 3.18. The fraction of sp³-hybridized carbons (Fsp3) is 0.611. The van der Waals surface area contributed by atoms with Crippen LogP contribution in [0.5, 0.6) is 0 Å². The van der Waals surface area contributed by atoms with E-state index < -0.39 is 10.0 Å². The molecule has 0 aromatic heterocycles. The van der Waals surface area contributed by atoms with E-state index in [-0.39, 0.29) is 29.5 Å². The van der Waals surface area contributed by atoms with Crippen molar-refractivity contribution in [3.8, 4) is 0 Å². The lowest BCUT2D eigenvalue weighted by atomic mass is 9.67. The second-order valence-electron chi connectivity index (χ2n) is 7.48. The standard InChI is InChI=1S/C18H25N3O3S.ClH/c22-17(18-8-2-1-5-14(18)12-19-13-18)20-15-6-3-7-16(11-15)21-9-4-10-25(21,23)24;/h3,6-7,11,14,19H,1-2,4-5,8-10,12-13H2,(H,20,22);1H/t14-,18+;/m0./s1. The summed E-state index contributed by atoms with van der Waals surface area (Å²) in [4.78, 5) is 13.0. The number of halogens is 1. The molecule has 2 atom stereocenters. The Morgan fingerprint density at radius 1 is 1.27 bits per heavy atom. The third kappa shape index (κ3) is 3.32. The van der Waals surface area contributed by atoms with Gasteiger partial charge < -0.3 is 10.6 Å². The molecule has 1 aliphatic carbocycles. The summed E-state index contributed by atoms with van der Waals surface area (Å²) in [5.74, 6) is 0.673. The quantitative estimate of drug-likeness (QED) is 0.817. The first-order valence-electron chi connectivity index (χ1n) is 9.14. The van der Waals surface area contributed by atoms with Crippen LogP contribution in [0.4, 0.5) is 11.4 Å². The van der Waals surface area contributed by atoms with Crippen molar-refractivity contribution in [2.75, 3.05) is 35.0 Å². The van der Waals surface area contributed by atoms with Gasteiger partial charge in [-0.15, -0.1) is 12.4 Å². The van der Waals surface area contributed by atoms with Crippen LogP contribution < -0.4 is 14.9 Å². The molecule has 0 bridgehead atoms. The van der Waals surface area contributed by atoms with Crippen LogP contribution in [0, 0.1) is 11.3 Å². The molecule has 2 heterocycles. The molecular weight excluding hydrogens is 374 g/mol. The van der Waals surface area contributed by atoms with Gasteiger partial charge in [0.1, 0.15) is 0 Å². The van der Waals surface area contributed by atoms with Crippen molar-refractivity contribution in [1.29, 1.82) is 0 Å². The fourth-order valence-corrected chi connectivity index (χ4v) is 6.17. The highest BCUT2D eigenvalue weighted by Gasteiger charge is 2.49. The van der Waals surface area contributed by atoms with Crippen molar-refractivity contribution in [3.05, 3.63) is 24.3 Å². The van der Waals surface area contributed by atoms with Crippen molar-refractivity contribution in [2.45, 2.75) is 32.1 Å². The van der Waals surface area contributed by atoms with Crippen molar-refractivity contribution in [1.82, 2.24) is 5.32 Å². The molecule has 1 aromatic rings. The number of carbonyl (C=O) groups is 1. The molecule has 2 N–H and O–H groups in total. The van der Waals surface area contributed by atoms with Crippen molar-refractivity contribution >= 4 is 39.7 Å². The predicted octanol–water partition coefficient (Wildman–Crippen LogP) is 2.37. The number of amides is 1. The second-order valence-corrected chi connectivity index (χ2v) is 9.49. The summed E-state index contributed by atoms with van der Waals surface area (Å²) in [7, 11) is -3.21. The van der Waals surface area contributed by atoms with E-state index in [9.17, 15) is 13.2 Å². The number of anilines is 2. The topological polar surface area (TPSA) is 78.5 Å². The number of fused-ring (bicyclic) bond motifs is 1. The van der Waals surface area contributed by atoms with Crippen LogP contribution in [0.1, 0.15) is 32.1 Å². The van der Waals surface area contributed by atoms with Crippen LogP contribution in [-0.2, 0) is 14.8 Å². The number of carbonyl (C=O) groups excluding carboxylic acids is 1. The highest BCUT2D eigenvalue weighted by Crippen LogP contribution is 2.44. The third-order valence-electron chi connectivity index (χ3n) is 5.98. The first-order chi connectivity index (χ1) is 12.0. The largest absolute Gasteiger partial charge is 0.325 e. The molecule has 1 aromatic carbocycles. The molecule has 0 spiro atoms. The number of hydrogen-bond donors (Lipinski definition) is 2. The zero-order valence-electron chi connectivity index (χ0n) is 14.7. The lowest BCUT2D eigenvalue weighted by molar-refractivity contribution is -0.128. The number of benzene rings is 1. The van der Waals surface area contributed by atoms with Gasteiger partial charge in [0.15, 0.2) is 0 Å². The van der Waals surface area contributed by atoms with E-state index in [1.807, 2.05) is 12.1 Å². The minimum absolute atomic E-state index is 0. The average molecular weight is 400 g/mol. The Morgan fingerprint density at radius 2 is 2.12 bits per heavy atom. The van der Waals surface area contributed by atoms with Gasteiger partial charge in [0.25, 0.3) is 0 Å². The Bertz CT molecular complexity index is 786. The number of nitrogens with one attached hydrogen (secondary N) is 2. The van der Waals surface area contributed by atoms with Gasteiger partial charge >= 0.3 is 0 Å². The van der Waals surface area contributed by atoms with Gasteiger partial charge in [-0.3, -0.25) is 9.10 Å². The van der Waals surface area contributed by atoms with Crippen molar-refractivity contribution < 1.29 is 13.2 Å². The van der Waals surface area contributed by atoms with Crippen LogP contribution in [0.25, 0.3) is 0 Å². The highest BCUT2D eigenvalue weighted by molar-refractivity contribution is 7.93. The van der Waals surface area contributed by atoms with Gasteiger partial charge in [-0.1, -0.05) is 18.9 Å². The van der Waals surface area contributed by atoms with Crippen LogP contribution in [0.2, 0.25) is 0 Å². The summed E-state index contributed by atoms with van der Waals surface area (Å²) in [5, 5.41) is 6.45. The van der Waals surface area contributed by atoms with Gasteiger partial charge in [-0.2, -0.15) is 0 Å². The van der Waals surface area contributed by atoms with E-state index in [4.69, 9.17) is 0 Å². The zero-order valence-corrected chi connectivity index (χ0v) is 16.4. The molecule has 2 saturated heterocycles. The molecule has 3 aliphatic rings. The summed E-state index contributed by atoms with van der Waals surface area (Å²) >= 11 is 0. The first kappa shape index (κ1) is 19.5. The van der Waals surface area contributed by atoms with Crippen LogP contribution in [0.3, 0.4) is 0 Å². The second kappa shape index (κ2) is 7.37. The van der Waals surface area contributed by atoms with Gasteiger partial charge in [-0.05, 0) is 49.9 Å². The molecule has 4 rings (SSSR count). The highest BCUT2D eigenvalue weighted by atomic mass is 35.5. The zero-order chi connectivity index (χ0) is 17.5. The smallest absolute Gasteiger partial charge is 0.235 e. The Kier molecular flexibility index (Phi) is 5.51. The SMILES string of the molecule is Cl.O=C(Nc1cccc(N2CCCS2(=O)=O)c1)[C@@]12CCCC[C@H]1CNC2. The number of sulfonamides is 1. The molecule has 2 aliphatic heterocycles. The predicted molar refractivity (Wildman–Crippen MR) is 105 cm³/mol. The fourth-order valence-electron chi connectivity index (χ4n) is 4.61. The monoisotopic (exact) mass is 399 g/mol. The Balaban J connectivity index is 0.00000196. The maximum atomic E-state index is 13.0. The molecular formula is C18H26ClN3O3S. The molecule has 26 heavy (non-hydrogen) atoms.